The van der Waals surface area contributed by atoms with E-state index in [-0.39, 0.29) is 6.54 Å². The van der Waals surface area contributed by atoms with Gasteiger partial charge < -0.3 is 19.8 Å². The molecule has 1 aromatic heterocycles. The highest BCUT2D eigenvalue weighted by molar-refractivity contribution is 7.92. The van der Waals surface area contributed by atoms with Crippen molar-refractivity contribution in [1.82, 2.24) is 15.6 Å². The second-order valence-electron chi connectivity index (χ2n) is 7.13. The third-order valence-electron chi connectivity index (χ3n) is 5.08. The lowest BCUT2D eigenvalue weighted by Gasteiger charge is -2.35. The van der Waals surface area contributed by atoms with Gasteiger partial charge in [-0.05, 0) is 31.9 Å². The lowest BCUT2D eigenvalue weighted by molar-refractivity contribution is 0.0756. The van der Waals surface area contributed by atoms with Gasteiger partial charge in [0.1, 0.15) is 12.0 Å². The Morgan fingerprint density at radius 1 is 1.21 bits per heavy atom. The number of benzene rings is 1. The number of ether oxygens (including phenoxy) is 1. The van der Waals surface area contributed by atoms with Gasteiger partial charge in [0.15, 0.2) is 15.8 Å². The summed E-state index contributed by atoms with van der Waals surface area (Å²) in [5.74, 6) is 1.10. The molecule has 0 atom stereocenters. The highest BCUT2D eigenvalue weighted by atomic mass is 32.2. The maximum atomic E-state index is 12.4. The molecular formula is C20H28N4O4S. The van der Waals surface area contributed by atoms with Gasteiger partial charge in [-0.1, -0.05) is 18.2 Å². The number of hydrogen-bond acceptors (Lipinski definition) is 6. The largest absolute Gasteiger partial charge is 0.444 e. The molecule has 0 radical (unpaired) electrons. The first-order valence-electron chi connectivity index (χ1n) is 9.73. The Balaban J connectivity index is 1.68. The van der Waals surface area contributed by atoms with Crippen LogP contribution >= 0.6 is 0 Å². The SMILES string of the molecule is CCNC(=NCc1coc(-c2ccccc2)n1)NCC1(S(C)(=O)=O)CCOCC1. The van der Waals surface area contributed by atoms with Gasteiger partial charge in [-0.3, -0.25) is 0 Å². The summed E-state index contributed by atoms with van der Waals surface area (Å²) in [5, 5.41) is 6.35. The Labute approximate surface area is 171 Å². The number of oxazole rings is 1. The molecule has 29 heavy (non-hydrogen) atoms. The summed E-state index contributed by atoms with van der Waals surface area (Å²) in [7, 11) is -3.25. The van der Waals surface area contributed by atoms with Crippen molar-refractivity contribution in [3.63, 3.8) is 0 Å². The molecule has 0 spiro atoms. The molecule has 9 heteroatoms. The van der Waals surface area contributed by atoms with E-state index in [2.05, 4.69) is 20.6 Å². The van der Waals surface area contributed by atoms with Crippen molar-refractivity contribution < 1.29 is 17.6 Å². The molecule has 1 aliphatic rings. The zero-order valence-electron chi connectivity index (χ0n) is 16.8. The van der Waals surface area contributed by atoms with E-state index in [1.807, 2.05) is 37.3 Å². The van der Waals surface area contributed by atoms with Crippen LogP contribution in [0.1, 0.15) is 25.5 Å². The van der Waals surface area contributed by atoms with Crippen molar-refractivity contribution in [1.29, 1.82) is 0 Å². The van der Waals surface area contributed by atoms with Crippen LogP contribution in [-0.4, -0.2) is 56.7 Å². The number of guanidine groups is 1. The van der Waals surface area contributed by atoms with E-state index in [1.54, 1.807) is 6.26 Å². The molecule has 1 aliphatic heterocycles. The van der Waals surface area contributed by atoms with Gasteiger partial charge in [0.25, 0.3) is 0 Å². The van der Waals surface area contributed by atoms with Crippen molar-refractivity contribution in [2.45, 2.75) is 31.1 Å². The fraction of sp³-hybridized carbons (Fsp3) is 0.500. The first-order valence-corrected chi connectivity index (χ1v) is 11.6. The van der Waals surface area contributed by atoms with Crippen LogP contribution in [0.4, 0.5) is 0 Å². The van der Waals surface area contributed by atoms with Crippen LogP contribution in [0.3, 0.4) is 0 Å². The Bertz CT molecular complexity index is 919. The molecule has 158 valence electrons. The van der Waals surface area contributed by atoms with Gasteiger partial charge in [0.2, 0.25) is 5.89 Å². The van der Waals surface area contributed by atoms with Gasteiger partial charge >= 0.3 is 0 Å². The van der Waals surface area contributed by atoms with E-state index in [0.717, 1.165) is 5.56 Å². The Morgan fingerprint density at radius 3 is 2.59 bits per heavy atom. The van der Waals surface area contributed by atoms with Crippen LogP contribution in [0.25, 0.3) is 11.5 Å². The van der Waals surface area contributed by atoms with Crippen LogP contribution in [0.2, 0.25) is 0 Å². The van der Waals surface area contributed by atoms with Gasteiger partial charge in [0.05, 0.1) is 11.3 Å². The van der Waals surface area contributed by atoms with Crippen molar-refractivity contribution >= 4 is 15.8 Å². The fourth-order valence-corrected chi connectivity index (χ4v) is 4.50. The van der Waals surface area contributed by atoms with E-state index in [1.165, 1.54) is 6.26 Å². The summed E-state index contributed by atoms with van der Waals surface area (Å²) in [5.41, 5.74) is 1.60. The quantitative estimate of drug-likeness (QED) is 0.521. The third kappa shape index (κ3) is 5.36. The summed E-state index contributed by atoms with van der Waals surface area (Å²) in [6.07, 6.45) is 3.83. The second-order valence-corrected chi connectivity index (χ2v) is 9.54. The highest BCUT2D eigenvalue weighted by Gasteiger charge is 2.42. The predicted molar refractivity (Wildman–Crippen MR) is 112 cm³/mol. The lowest BCUT2D eigenvalue weighted by Crippen LogP contribution is -2.53. The number of sulfone groups is 1. The number of nitrogens with zero attached hydrogens (tertiary/aromatic N) is 2. The molecule has 0 amide bonds. The smallest absolute Gasteiger partial charge is 0.226 e. The van der Waals surface area contributed by atoms with Crippen molar-refractivity contribution in [2.24, 2.45) is 4.99 Å². The maximum absolute atomic E-state index is 12.4. The average Bonchev–Trinajstić information content (AvgIpc) is 3.20. The first-order chi connectivity index (χ1) is 13.9. The minimum absolute atomic E-state index is 0.287. The Hall–Kier alpha value is -2.39. The molecule has 2 heterocycles. The first kappa shape index (κ1) is 21.3. The number of hydrogen-bond donors (Lipinski definition) is 2. The van der Waals surface area contributed by atoms with Crippen molar-refractivity contribution in [3.05, 3.63) is 42.3 Å². The topological polar surface area (TPSA) is 106 Å². The molecular weight excluding hydrogens is 392 g/mol. The summed E-state index contributed by atoms with van der Waals surface area (Å²) >= 11 is 0. The van der Waals surface area contributed by atoms with E-state index < -0.39 is 14.6 Å². The zero-order chi connectivity index (χ0) is 20.7. The molecule has 2 N–H and O–H groups in total. The van der Waals surface area contributed by atoms with Gasteiger partial charge in [-0.2, -0.15) is 0 Å². The molecule has 8 nitrogen and oxygen atoms in total. The molecule has 0 bridgehead atoms. The molecule has 2 aromatic rings. The van der Waals surface area contributed by atoms with Crippen LogP contribution < -0.4 is 10.6 Å². The molecule has 0 aliphatic carbocycles. The standard InChI is InChI=1S/C20H28N4O4S/c1-3-21-19(23-15-20(29(2,25)26)9-11-27-12-10-20)22-13-17-14-28-18(24-17)16-7-5-4-6-8-16/h4-8,14H,3,9-13,15H2,1-2H3,(H2,21,22,23). The monoisotopic (exact) mass is 420 g/mol. The van der Waals surface area contributed by atoms with Gasteiger partial charge in [0, 0.05) is 38.1 Å². The average molecular weight is 421 g/mol. The molecule has 1 saturated heterocycles. The number of rotatable bonds is 7. The summed E-state index contributed by atoms with van der Waals surface area (Å²) in [4.78, 5) is 9.01. The van der Waals surface area contributed by atoms with E-state index >= 15 is 0 Å². The molecule has 1 aromatic carbocycles. The Kier molecular flexibility index (Phi) is 6.92. The van der Waals surface area contributed by atoms with Gasteiger partial charge in [-0.25, -0.2) is 18.4 Å². The van der Waals surface area contributed by atoms with E-state index in [4.69, 9.17) is 9.15 Å². The number of aliphatic imine (C=N–C) groups is 1. The highest BCUT2D eigenvalue weighted by Crippen LogP contribution is 2.28. The van der Waals surface area contributed by atoms with Crippen LogP contribution in [0.15, 0.2) is 46.0 Å². The molecule has 3 rings (SSSR count). The summed E-state index contributed by atoms with van der Waals surface area (Å²) in [6.45, 7) is 4.12. The van der Waals surface area contributed by atoms with E-state index in [0.29, 0.717) is 56.7 Å². The fourth-order valence-electron chi connectivity index (χ4n) is 3.26. The van der Waals surface area contributed by atoms with Crippen LogP contribution in [-0.2, 0) is 21.1 Å². The molecule has 0 unspecified atom stereocenters. The Morgan fingerprint density at radius 2 is 1.93 bits per heavy atom. The summed E-state index contributed by atoms with van der Waals surface area (Å²) < 4.78 is 34.9. The third-order valence-corrected chi connectivity index (χ3v) is 7.21. The zero-order valence-corrected chi connectivity index (χ0v) is 17.7. The number of nitrogens with one attached hydrogen (secondary N) is 2. The normalized spacial score (nSPS) is 17.1. The van der Waals surface area contributed by atoms with Crippen molar-refractivity contribution in [3.8, 4) is 11.5 Å². The summed E-state index contributed by atoms with van der Waals surface area (Å²) in [6, 6.07) is 9.66. The van der Waals surface area contributed by atoms with Crippen LogP contribution in [0.5, 0.6) is 0 Å². The minimum Gasteiger partial charge on any atom is -0.444 e. The molecule has 1 fully saturated rings. The predicted octanol–water partition coefficient (Wildman–Crippen LogP) is 1.99. The number of aromatic nitrogens is 1. The van der Waals surface area contributed by atoms with Crippen molar-refractivity contribution in [2.75, 3.05) is 32.6 Å². The second kappa shape index (κ2) is 9.41. The lowest BCUT2D eigenvalue weighted by atomic mass is 9.99. The molecule has 0 saturated carbocycles. The van der Waals surface area contributed by atoms with Gasteiger partial charge in [-0.15, -0.1) is 0 Å². The minimum atomic E-state index is -3.25. The van der Waals surface area contributed by atoms with Crippen LogP contribution in [0, 0.1) is 0 Å². The maximum Gasteiger partial charge on any atom is 0.226 e. The van der Waals surface area contributed by atoms with E-state index in [9.17, 15) is 8.42 Å².